The molecule has 0 aromatic rings. The fraction of sp³-hybridized carbons (Fsp3) is 0.737. The number of amides is 3. The van der Waals surface area contributed by atoms with E-state index in [1.54, 1.807) is 6.92 Å². The van der Waals surface area contributed by atoms with E-state index in [1.807, 2.05) is 12.2 Å². The molecule has 1 rings (SSSR count). The van der Waals surface area contributed by atoms with Crippen LogP contribution >= 0.6 is 0 Å². The van der Waals surface area contributed by atoms with Crippen LogP contribution in [0, 0.1) is 5.92 Å². The highest BCUT2D eigenvalue weighted by atomic mass is 16.4. The normalized spacial score (nSPS) is 20.6. The molecule has 0 aromatic carbocycles. The maximum Gasteiger partial charge on any atom is 0.326 e. The lowest BCUT2D eigenvalue weighted by Gasteiger charge is -2.28. The quantitative estimate of drug-likeness (QED) is 0.181. The number of aliphatic carboxylic acids is 2. The molecule has 0 aliphatic carbocycles. The Kier molecular flexibility index (Phi) is 10.4. The second-order valence-electron chi connectivity index (χ2n) is 7.74. The first-order valence-electron chi connectivity index (χ1n) is 10.2. The Balaban J connectivity index is 2.91. The maximum atomic E-state index is 12.9. The molecule has 1 aliphatic heterocycles. The summed E-state index contributed by atoms with van der Waals surface area (Å²) in [6.07, 6.45) is -0.264. The Morgan fingerprint density at radius 1 is 1.00 bits per heavy atom. The topological polar surface area (TPSA) is 194 Å². The minimum atomic E-state index is -1.73. The lowest BCUT2D eigenvalue weighted by molar-refractivity contribution is -0.148. The fourth-order valence-corrected chi connectivity index (χ4v) is 3.15. The molecule has 31 heavy (non-hydrogen) atoms. The average Bonchev–Trinajstić information content (AvgIpc) is 3.22. The van der Waals surface area contributed by atoms with Crippen molar-refractivity contribution >= 4 is 29.7 Å². The lowest BCUT2D eigenvalue weighted by Crippen LogP contribution is -2.61. The van der Waals surface area contributed by atoms with Crippen molar-refractivity contribution in [3.8, 4) is 0 Å². The van der Waals surface area contributed by atoms with Crippen LogP contribution in [0.2, 0.25) is 0 Å². The van der Waals surface area contributed by atoms with Crippen LogP contribution in [0.1, 0.15) is 46.5 Å². The van der Waals surface area contributed by atoms with Gasteiger partial charge in [0.05, 0.1) is 18.6 Å². The number of carbonyl (C=O) groups is 5. The van der Waals surface area contributed by atoms with Crippen LogP contribution in [0.25, 0.3) is 0 Å². The van der Waals surface area contributed by atoms with Gasteiger partial charge in [-0.3, -0.25) is 19.2 Å². The Morgan fingerprint density at radius 3 is 2.06 bits per heavy atom. The van der Waals surface area contributed by atoms with Crippen LogP contribution in [-0.2, 0) is 24.0 Å². The van der Waals surface area contributed by atoms with Gasteiger partial charge in [-0.05, 0) is 32.2 Å². The molecule has 12 heteroatoms. The summed E-state index contributed by atoms with van der Waals surface area (Å²) in [6, 6.07) is -4.68. The zero-order valence-electron chi connectivity index (χ0n) is 17.9. The number of carbonyl (C=O) groups excluding carboxylic acids is 3. The number of hydrogen-bond donors (Lipinski definition) is 7. The number of carboxylic acid groups (broad SMARTS) is 2. The molecule has 1 fully saturated rings. The van der Waals surface area contributed by atoms with Crippen LogP contribution in [0.15, 0.2) is 0 Å². The van der Waals surface area contributed by atoms with E-state index in [9.17, 15) is 29.1 Å². The van der Waals surface area contributed by atoms with Crippen molar-refractivity contribution in [2.24, 2.45) is 5.92 Å². The number of nitrogens with one attached hydrogen (secondary N) is 4. The SMILES string of the molecule is CCC(C)C(NC(=O)C1CCCN1)C(=O)NC(C(=O)NC(CC(=O)O)C(=O)O)C(C)O. The summed E-state index contributed by atoms with van der Waals surface area (Å²) in [5, 5.41) is 37.9. The Bertz CT molecular complexity index is 678. The lowest BCUT2D eigenvalue weighted by atomic mass is 9.97. The van der Waals surface area contributed by atoms with Crippen LogP contribution in [0.3, 0.4) is 0 Å². The molecular weight excluding hydrogens is 412 g/mol. The Hall–Kier alpha value is -2.73. The van der Waals surface area contributed by atoms with Gasteiger partial charge in [-0.2, -0.15) is 0 Å². The highest BCUT2D eigenvalue weighted by Crippen LogP contribution is 2.12. The van der Waals surface area contributed by atoms with E-state index in [1.165, 1.54) is 6.92 Å². The average molecular weight is 444 g/mol. The summed E-state index contributed by atoms with van der Waals surface area (Å²) >= 11 is 0. The molecule has 0 spiro atoms. The number of aliphatic hydroxyl groups excluding tert-OH is 1. The minimum Gasteiger partial charge on any atom is -0.481 e. The summed E-state index contributed by atoms with van der Waals surface area (Å²) in [6.45, 7) is 5.49. The van der Waals surface area contributed by atoms with Crippen molar-refractivity contribution in [1.29, 1.82) is 0 Å². The minimum absolute atomic E-state index is 0.290. The van der Waals surface area contributed by atoms with Gasteiger partial charge in [-0.1, -0.05) is 20.3 Å². The summed E-state index contributed by atoms with van der Waals surface area (Å²) in [5.74, 6) is -5.41. The molecule has 1 aliphatic rings. The third-order valence-corrected chi connectivity index (χ3v) is 5.23. The highest BCUT2D eigenvalue weighted by Gasteiger charge is 2.35. The first-order valence-corrected chi connectivity index (χ1v) is 10.2. The molecule has 6 unspecified atom stereocenters. The smallest absolute Gasteiger partial charge is 0.326 e. The summed E-state index contributed by atoms with van der Waals surface area (Å²) < 4.78 is 0. The third kappa shape index (κ3) is 8.13. The van der Waals surface area contributed by atoms with Gasteiger partial charge in [0.1, 0.15) is 18.1 Å². The standard InChI is InChI=1S/C19H32N4O8/c1-4-9(2)14(22-16(27)11-6-5-7-20-11)17(28)23-15(10(3)24)18(29)21-12(19(30)31)8-13(25)26/h9-12,14-15,20,24H,4-8H2,1-3H3,(H,21,29)(H,22,27)(H,23,28)(H,25,26)(H,30,31). The number of hydrogen-bond acceptors (Lipinski definition) is 7. The van der Waals surface area contributed by atoms with Crippen molar-refractivity contribution in [3.63, 3.8) is 0 Å². The second kappa shape index (κ2) is 12.2. The zero-order chi connectivity index (χ0) is 23.7. The Morgan fingerprint density at radius 2 is 1.61 bits per heavy atom. The summed E-state index contributed by atoms with van der Waals surface area (Å²) in [7, 11) is 0. The van der Waals surface area contributed by atoms with Crippen molar-refractivity contribution in [2.75, 3.05) is 6.54 Å². The van der Waals surface area contributed by atoms with Gasteiger partial charge in [0.25, 0.3) is 0 Å². The van der Waals surface area contributed by atoms with E-state index in [0.29, 0.717) is 19.4 Å². The van der Waals surface area contributed by atoms with Gasteiger partial charge in [0.15, 0.2) is 0 Å². The molecular formula is C19H32N4O8. The molecule has 6 atom stereocenters. The van der Waals surface area contributed by atoms with Gasteiger partial charge in [-0.15, -0.1) is 0 Å². The monoisotopic (exact) mass is 444 g/mol. The van der Waals surface area contributed by atoms with E-state index in [4.69, 9.17) is 10.2 Å². The van der Waals surface area contributed by atoms with Crippen molar-refractivity contribution < 1.29 is 39.3 Å². The van der Waals surface area contributed by atoms with E-state index in [2.05, 4.69) is 16.0 Å². The molecule has 176 valence electrons. The van der Waals surface area contributed by atoms with Gasteiger partial charge in [-0.25, -0.2) is 4.79 Å². The third-order valence-electron chi connectivity index (χ3n) is 5.23. The predicted octanol–water partition coefficient (Wildman–Crippen LogP) is -1.82. The first kappa shape index (κ1) is 26.3. The number of carboxylic acids is 2. The van der Waals surface area contributed by atoms with Crippen LogP contribution < -0.4 is 21.3 Å². The molecule has 1 heterocycles. The van der Waals surface area contributed by atoms with Crippen molar-refractivity contribution in [1.82, 2.24) is 21.3 Å². The second-order valence-corrected chi connectivity index (χ2v) is 7.74. The van der Waals surface area contributed by atoms with Crippen molar-refractivity contribution in [3.05, 3.63) is 0 Å². The van der Waals surface area contributed by atoms with Crippen molar-refractivity contribution in [2.45, 2.75) is 76.7 Å². The fourth-order valence-electron chi connectivity index (χ4n) is 3.15. The van der Waals surface area contributed by atoms with Gasteiger partial charge in [0.2, 0.25) is 17.7 Å². The number of aliphatic hydroxyl groups is 1. The molecule has 12 nitrogen and oxygen atoms in total. The molecule has 1 saturated heterocycles. The van der Waals surface area contributed by atoms with Gasteiger partial charge in [0, 0.05) is 0 Å². The predicted molar refractivity (Wildman–Crippen MR) is 108 cm³/mol. The molecule has 0 bridgehead atoms. The highest BCUT2D eigenvalue weighted by molar-refractivity contribution is 5.95. The number of rotatable bonds is 12. The largest absolute Gasteiger partial charge is 0.481 e. The summed E-state index contributed by atoms with van der Waals surface area (Å²) in [5.41, 5.74) is 0. The van der Waals surface area contributed by atoms with E-state index in [-0.39, 0.29) is 11.8 Å². The maximum absolute atomic E-state index is 12.9. The first-order chi connectivity index (χ1) is 14.5. The molecule has 0 aromatic heterocycles. The van der Waals surface area contributed by atoms with Crippen LogP contribution in [-0.4, -0.2) is 81.8 Å². The molecule has 7 N–H and O–H groups in total. The molecule has 3 amide bonds. The van der Waals surface area contributed by atoms with Crippen LogP contribution in [0.4, 0.5) is 0 Å². The molecule has 0 saturated carbocycles. The van der Waals surface area contributed by atoms with Crippen LogP contribution in [0.5, 0.6) is 0 Å². The summed E-state index contributed by atoms with van der Waals surface area (Å²) in [4.78, 5) is 59.8. The van der Waals surface area contributed by atoms with E-state index in [0.717, 1.165) is 6.42 Å². The zero-order valence-corrected chi connectivity index (χ0v) is 17.9. The van der Waals surface area contributed by atoms with E-state index < -0.39 is 60.4 Å². The van der Waals surface area contributed by atoms with Gasteiger partial charge < -0.3 is 36.6 Å². The molecule has 0 radical (unpaired) electrons. The van der Waals surface area contributed by atoms with E-state index >= 15 is 0 Å². The van der Waals surface area contributed by atoms with Gasteiger partial charge >= 0.3 is 11.9 Å². The Labute approximate surface area is 180 Å².